The molecule has 0 saturated heterocycles. The zero-order chi connectivity index (χ0) is 13.8. The summed E-state index contributed by atoms with van der Waals surface area (Å²) in [5.41, 5.74) is 0. The Kier molecular flexibility index (Phi) is 13.5. The first-order valence-electron chi connectivity index (χ1n) is 7.90. The molecular formula is C17H29Cl2N. The van der Waals surface area contributed by atoms with Crippen molar-refractivity contribution in [2.75, 3.05) is 5.88 Å². The standard InChI is InChI=1S/C17H29ClN.ClH/c1-2-3-4-5-6-7-8-10-13-17(16-18)19-14-11-9-12-15-19;/h9,11-12,14-15,17H,2-8,10,13,16H2,1H3;1H/q+1;/p-1. The van der Waals surface area contributed by atoms with Crippen LogP contribution < -0.4 is 17.0 Å². The molecular weight excluding hydrogens is 289 g/mol. The molecule has 1 aromatic heterocycles. The molecule has 0 fully saturated rings. The van der Waals surface area contributed by atoms with Crippen LogP contribution in [0.1, 0.15) is 70.8 Å². The molecule has 0 bridgehead atoms. The van der Waals surface area contributed by atoms with Gasteiger partial charge in [-0.3, -0.25) is 0 Å². The van der Waals surface area contributed by atoms with E-state index in [9.17, 15) is 0 Å². The zero-order valence-electron chi connectivity index (χ0n) is 12.7. The van der Waals surface area contributed by atoms with E-state index in [1.54, 1.807) is 0 Å². The second kappa shape index (κ2) is 13.7. The van der Waals surface area contributed by atoms with Crippen molar-refractivity contribution < 1.29 is 17.0 Å². The van der Waals surface area contributed by atoms with E-state index >= 15 is 0 Å². The molecule has 0 radical (unpaired) electrons. The van der Waals surface area contributed by atoms with Gasteiger partial charge in [0, 0.05) is 18.6 Å². The average molecular weight is 318 g/mol. The van der Waals surface area contributed by atoms with Crippen molar-refractivity contribution in [1.29, 1.82) is 0 Å². The molecule has 1 heterocycles. The fourth-order valence-corrected chi connectivity index (χ4v) is 2.79. The van der Waals surface area contributed by atoms with Gasteiger partial charge in [0.1, 0.15) is 0 Å². The van der Waals surface area contributed by atoms with Crippen molar-refractivity contribution >= 4 is 11.6 Å². The van der Waals surface area contributed by atoms with E-state index in [4.69, 9.17) is 11.6 Å². The van der Waals surface area contributed by atoms with Crippen LogP contribution in [0.5, 0.6) is 0 Å². The van der Waals surface area contributed by atoms with E-state index in [-0.39, 0.29) is 12.4 Å². The number of halogens is 2. The van der Waals surface area contributed by atoms with Crippen molar-refractivity contribution in [3.05, 3.63) is 30.6 Å². The summed E-state index contributed by atoms with van der Waals surface area (Å²) >= 11 is 6.08. The molecule has 3 heteroatoms. The molecule has 0 aliphatic rings. The van der Waals surface area contributed by atoms with Gasteiger partial charge in [-0.15, -0.1) is 11.6 Å². The first-order valence-corrected chi connectivity index (χ1v) is 8.43. The summed E-state index contributed by atoms with van der Waals surface area (Å²) in [7, 11) is 0. The number of hydrogen-bond donors (Lipinski definition) is 0. The molecule has 0 amide bonds. The normalized spacial score (nSPS) is 11.9. The molecule has 0 spiro atoms. The van der Waals surface area contributed by atoms with Crippen molar-refractivity contribution in [1.82, 2.24) is 0 Å². The van der Waals surface area contributed by atoms with Crippen LogP contribution in [-0.4, -0.2) is 5.88 Å². The van der Waals surface area contributed by atoms with Crippen molar-refractivity contribution in [3.63, 3.8) is 0 Å². The molecule has 116 valence electrons. The molecule has 1 aromatic rings. The molecule has 1 rings (SSSR count). The molecule has 0 aliphatic heterocycles. The maximum Gasteiger partial charge on any atom is 0.171 e. The maximum absolute atomic E-state index is 6.08. The van der Waals surface area contributed by atoms with Gasteiger partial charge in [-0.2, -0.15) is 0 Å². The molecule has 1 atom stereocenters. The van der Waals surface area contributed by atoms with E-state index < -0.39 is 0 Å². The summed E-state index contributed by atoms with van der Waals surface area (Å²) in [6.45, 7) is 2.27. The summed E-state index contributed by atoms with van der Waals surface area (Å²) in [6, 6.07) is 6.67. The smallest absolute Gasteiger partial charge is 0.171 e. The minimum Gasteiger partial charge on any atom is -1.00 e. The van der Waals surface area contributed by atoms with Crippen LogP contribution in [0, 0.1) is 0 Å². The lowest BCUT2D eigenvalue weighted by atomic mass is 10.1. The Bertz CT molecular complexity index is 303. The molecule has 0 saturated carbocycles. The highest BCUT2D eigenvalue weighted by Gasteiger charge is 2.15. The number of rotatable bonds is 11. The first kappa shape index (κ1) is 19.7. The van der Waals surface area contributed by atoms with E-state index in [1.165, 1.54) is 57.8 Å². The van der Waals surface area contributed by atoms with Crippen LogP contribution in [0.3, 0.4) is 0 Å². The summed E-state index contributed by atoms with van der Waals surface area (Å²) in [6.07, 6.45) is 16.5. The molecule has 1 unspecified atom stereocenters. The Morgan fingerprint density at radius 3 is 1.95 bits per heavy atom. The second-order valence-electron chi connectivity index (χ2n) is 5.39. The van der Waals surface area contributed by atoms with Crippen LogP contribution in [0.2, 0.25) is 0 Å². The van der Waals surface area contributed by atoms with Gasteiger partial charge >= 0.3 is 0 Å². The molecule has 0 N–H and O–H groups in total. The average Bonchev–Trinajstić information content (AvgIpc) is 2.47. The number of hydrogen-bond acceptors (Lipinski definition) is 0. The van der Waals surface area contributed by atoms with E-state index in [0.29, 0.717) is 11.9 Å². The second-order valence-corrected chi connectivity index (χ2v) is 5.70. The maximum atomic E-state index is 6.08. The van der Waals surface area contributed by atoms with Crippen molar-refractivity contribution in [2.45, 2.75) is 70.8 Å². The van der Waals surface area contributed by atoms with Crippen LogP contribution in [-0.2, 0) is 0 Å². The highest BCUT2D eigenvalue weighted by molar-refractivity contribution is 6.18. The van der Waals surface area contributed by atoms with E-state index in [0.717, 1.165) is 0 Å². The topological polar surface area (TPSA) is 3.88 Å². The minimum atomic E-state index is 0. The highest BCUT2D eigenvalue weighted by Crippen LogP contribution is 2.14. The van der Waals surface area contributed by atoms with Crippen LogP contribution in [0.15, 0.2) is 30.6 Å². The number of alkyl halides is 1. The zero-order valence-corrected chi connectivity index (χ0v) is 14.3. The Hall–Kier alpha value is -0.270. The predicted octanol–water partition coefficient (Wildman–Crippen LogP) is 2.29. The number of nitrogens with zero attached hydrogens (tertiary/aromatic N) is 1. The summed E-state index contributed by atoms with van der Waals surface area (Å²) < 4.78 is 2.24. The van der Waals surface area contributed by atoms with Gasteiger partial charge in [0.2, 0.25) is 0 Å². The third kappa shape index (κ3) is 8.81. The Balaban J connectivity index is 0.00000361. The lowest BCUT2D eigenvalue weighted by Gasteiger charge is -2.09. The van der Waals surface area contributed by atoms with Crippen LogP contribution in [0.4, 0.5) is 0 Å². The SMILES string of the molecule is CCCCCCCCCCC(CCl)[n+]1ccccc1.[Cl-]. The minimum absolute atomic E-state index is 0. The van der Waals surface area contributed by atoms with Crippen LogP contribution >= 0.6 is 11.6 Å². The molecule has 1 nitrogen and oxygen atoms in total. The first-order chi connectivity index (χ1) is 9.38. The molecule has 0 aliphatic carbocycles. The van der Waals surface area contributed by atoms with Gasteiger partial charge in [-0.05, 0) is 6.42 Å². The Morgan fingerprint density at radius 2 is 1.40 bits per heavy atom. The third-order valence-electron chi connectivity index (χ3n) is 3.73. The van der Waals surface area contributed by atoms with E-state index in [1.807, 2.05) is 0 Å². The van der Waals surface area contributed by atoms with Crippen LogP contribution in [0.25, 0.3) is 0 Å². The van der Waals surface area contributed by atoms with Gasteiger partial charge < -0.3 is 12.4 Å². The number of pyridine rings is 1. The van der Waals surface area contributed by atoms with E-state index in [2.05, 4.69) is 42.1 Å². The fourth-order valence-electron chi connectivity index (χ4n) is 2.48. The largest absolute Gasteiger partial charge is 1.00 e. The third-order valence-corrected chi connectivity index (χ3v) is 4.09. The van der Waals surface area contributed by atoms with Crippen molar-refractivity contribution in [3.8, 4) is 0 Å². The lowest BCUT2D eigenvalue weighted by Crippen LogP contribution is -3.00. The predicted molar refractivity (Wildman–Crippen MR) is 83.6 cm³/mol. The van der Waals surface area contributed by atoms with Gasteiger partial charge in [0.05, 0.1) is 5.88 Å². The Labute approximate surface area is 136 Å². The van der Waals surface area contributed by atoms with Gasteiger partial charge in [0.15, 0.2) is 18.4 Å². The quantitative estimate of drug-likeness (QED) is 0.335. The lowest BCUT2D eigenvalue weighted by molar-refractivity contribution is -0.719. The highest BCUT2D eigenvalue weighted by atomic mass is 35.5. The summed E-state index contributed by atoms with van der Waals surface area (Å²) in [5.74, 6) is 0.713. The van der Waals surface area contributed by atoms with Gasteiger partial charge in [0.25, 0.3) is 0 Å². The summed E-state index contributed by atoms with van der Waals surface area (Å²) in [5, 5.41) is 0. The molecule has 0 aromatic carbocycles. The Morgan fingerprint density at radius 1 is 0.850 bits per heavy atom. The monoisotopic (exact) mass is 317 g/mol. The van der Waals surface area contributed by atoms with Crippen molar-refractivity contribution in [2.24, 2.45) is 0 Å². The molecule has 20 heavy (non-hydrogen) atoms. The number of unbranched alkanes of at least 4 members (excludes halogenated alkanes) is 7. The summed E-state index contributed by atoms with van der Waals surface area (Å²) in [4.78, 5) is 0. The number of aromatic nitrogens is 1. The fraction of sp³-hybridized carbons (Fsp3) is 0.706. The van der Waals surface area contributed by atoms with Gasteiger partial charge in [-0.1, -0.05) is 57.9 Å². The van der Waals surface area contributed by atoms with Gasteiger partial charge in [-0.25, -0.2) is 4.57 Å².